The molecule has 218 valence electrons. The molecule has 0 amide bonds. The first kappa shape index (κ1) is 27.9. The summed E-state index contributed by atoms with van der Waals surface area (Å²) in [6, 6.07) is 0. The molecule has 6 aliphatic rings. The highest BCUT2D eigenvalue weighted by Gasteiger charge is 2.50. The van der Waals surface area contributed by atoms with Gasteiger partial charge in [-0.05, 0) is 99.7 Å². The average Bonchev–Trinajstić information content (AvgIpc) is 3.85. The van der Waals surface area contributed by atoms with E-state index in [0.29, 0.717) is 43.5 Å². The molecule has 2 saturated heterocycles. The van der Waals surface area contributed by atoms with Gasteiger partial charge in [0.2, 0.25) is 0 Å². The van der Waals surface area contributed by atoms with Crippen molar-refractivity contribution in [3.05, 3.63) is 0 Å². The van der Waals surface area contributed by atoms with Crippen LogP contribution >= 0.6 is 0 Å². The molecule has 0 spiro atoms. The van der Waals surface area contributed by atoms with E-state index in [-0.39, 0.29) is 23.0 Å². The first-order chi connectivity index (χ1) is 18.5. The predicted molar refractivity (Wildman–Crippen MR) is 143 cm³/mol. The molecule has 2 heterocycles. The van der Waals surface area contributed by atoms with Crippen molar-refractivity contribution in [1.29, 1.82) is 0 Å². The van der Waals surface area contributed by atoms with Crippen molar-refractivity contribution in [2.75, 3.05) is 39.6 Å². The summed E-state index contributed by atoms with van der Waals surface area (Å²) in [5.41, 5.74) is 0.380. The predicted octanol–water partition coefficient (Wildman–Crippen LogP) is 4.67. The van der Waals surface area contributed by atoms with Crippen LogP contribution in [0.2, 0.25) is 0 Å². The monoisotopic (exact) mass is 536 g/mol. The Labute approximate surface area is 229 Å². The number of aliphatic hydroxyl groups excluding tert-OH is 1. The van der Waals surface area contributed by atoms with Gasteiger partial charge in [0.05, 0.1) is 64.1 Å². The molecule has 0 aromatic heterocycles. The molecule has 0 radical (unpaired) electrons. The zero-order chi connectivity index (χ0) is 26.2. The standard InChI is InChI=1S/C31H52O7/c1-3-30-11-22(10-25(14-30)34-17-26-18-35-26)5-7-28(30)37-16-23(32)15-33-24-9-21-6-8-29(38-20-27-19-36-27)31(4-2,12-21)13-24/h21-29,32H,3-20H2,1-2H3. The highest BCUT2D eigenvalue weighted by atomic mass is 16.6. The van der Waals surface area contributed by atoms with Crippen molar-refractivity contribution >= 4 is 0 Å². The second-order valence-electron chi connectivity index (χ2n) is 13.7. The topological polar surface area (TPSA) is 82.2 Å². The SMILES string of the molecule is CCC12CC(CCC1OCC(O)COC1CC3CCC(OCC4CO4)C(CC)(C3)C1)CC(OCC1CO1)C2. The molecule has 0 aromatic rings. The second-order valence-corrected chi connectivity index (χ2v) is 13.7. The minimum Gasteiger partial charge on any atom is -0.388 e. The minimum absolute atomic E-state index is 0.172. The van der Waals surface area contributed by atoms with Crippen LogP contribution in [0, 0.1) is 22.7 Å². The summed E-state index contributed by atoms with van der Waals surface area (Å²) in [6.45, 7) is 8.53. The molecule has 0 aromatic carbocycles. The summed E-state index contributed by atoms with van der Waals surface area (Å²) in [4.78, 5) is 0. The lowest BCUT2D eigenvalue weighted by Gasteiger charge is -2.52. The van der Waals surface area contributed by atoms with Gasteiger partial charge in [-0.1, -0.05) is 13.8 Å². The molecule has 6 rings (SSSR count). The van der Waals surface area contributed by atoms with Crippen LogP contribution in [-0.2, 0) is 28.4 Å². The summed E-state index contributed by atoms with van der Waals surface area (Å²) >= 11 is 0. The molecule has 11 atom stereocenters. The maximum atomic E-state index is 10.9. The van der Waals surface area contributed by atoms with Gasteiger partial charge in [-0.15, -0.1) is 0 Å². The number of aliphatic hydroxyl groups is 1. The van der Waals surface area contributed by atoms with Gasteiger partial charge in [0.15, 0.2) is 0 Å². The molecule has 7 heteroatoms. The molecule has 4 bridgehead atoms. The van der Waals surface area contributed by atoms with Crippen LogP contribution in [0.3, 0.4) is 0 Å². The van der Waals surface area contributed by atoms with Gasteiger partial charge in [0, 0.05) is 0 Å². The molecule has 6 fully saturated rings. The number of hydrogen-bond acceptors (Lipinski definition) is 7. The van der Waals surface area contributed by atoms with Gasteiger partial charge in [0.25, 0.3) is 0 Å². The highest BCUT2D eigenvalue weighted by Crippen LogP contribution is 2.54. The van der Waals surface area contributed by atoms with Crippen molar-refractivity contribution in [2.45, 2.75) is 134 Å². The van der Waals surface area contributed by atoms with Gasteiger partial charge < -0.3 is 33.5 Å². The Balaban J connectivity index is 0.975. The van der Waals surface area contributed by atoms with E-state index in [9.17, 15) is 5.11 Å². The molecule has 1 N–H and O–H groups in total. The van der Waals surface area contributed by atoms with E-state index in [2.05, 4.69) is 13.8 Å². The van der Waals surface area contributed by atoms with Crippen molar-refractivity contribution in [2.24, 2.45) is 22.7 Å². The van der Waals surface area contributed by atoms with Crippen LogP contribution in [0.4, 0.5) is 0 Å². The summed E-state index contributed by atoms with van der Waals surface area (Å²) < 4.78 is 36.3. The Morgan fingerprint density at radius 1 is 0.684 bits per heavy atom. The third-order valence-electron chi connectivity index (χ3n) is 11.1. The van der Waals surface area contributed by atoms with E-state index in [1.54, 1.807) is 0 Å². The quantitative estimate of drug-likeness (QED) is 0.323. The molecular weight excluding hydrogens is 484 g/mol. The lowest BCUT2D eigenvalue weighted by Crippen LogP contribution is -2.50. The van der Waals surface area contributed by atoms with E-state index in [1.165, 1.54) is 32.1 Å². The summed E-state index contributed by atoms with van der Waals surface area (Å²) in [7, 11) is 0. The molecule has 4 saturated carbocycles. The van der Waals surface area contributed by atoms with E-state index < -0.39 is 6.10 Å². The fraction of sp³-hybridized carbons (Fsp3) is 1.00. The zero-order valence-corrected chi connectivity index (χ0v) is 23.8. The minimum atomic E-state index is -0.581. The highest BCUT2D eigenvalue weighted by molar-refractivity contribution is 5.01. The van der Waals surface area contributed by atoms with Crippen molar-refractivity contribution < 1.29 is 33.5 Å². The van der Waals surface area contributed by atoms with Crippen molar-refractivity contribution in [3.63, 3.8) is 0 Å². The molecule has 4 aliphatic carbocycles. The van der Waals surface area contributed by atoms with Crippen LogP contribution in [-0.4, -0.2) is 87.5 Å². The lowest BCUT2D eigenvalue weighted by atomic mass is 9.58. The van der Waals surface area contributed by atoms with Gasteiger partial charge in [-0.3, -0.25) is 0 Å². The third-order valence-corrected chi connectivity index (χ3v) is 11.1. The normalized spacial score (nSPS) is 46.5. The smallest absolute Gasteiger partial charge is 0.104 e. The Morgan fingerprint density at radius 2 is 1.18 bits per heavy atom. The summed E-state index contributed by atoms with van der Waals surface area (Å²) in [5.74, 6) is 1.45. The Bertz CT molecular complexity index is 771. The Hall–Kier alpha value is -0.280. The fourth-order valence-corrected chi connectivity index (χ4v) is 8.78. The second kappa shape index (κ2) is 11.9. The van der Waals surface area contributed by atoms with Crippen molar-refractivity contribution in [3.8, 4) is 0 Å². The molecule has 2 aliphatic heterocycles. The Morgan fingerprint density at radius 3 is 1.74 bits per heavy atom. The molecule has 11 unspecified atom stereocenters. The zero-order valence-electron chi connectivity index (χ0n) is 23.8. The largest absolute Gasteiger partial charge is 0.388 e. The van der Waals surface area contributed by atoms with Crippen LogP contribution in [0.15, 0.2) is 0 Å². The van der Waals surface area contributed by atoms with Crippen LogP contribution in [0.1, 0.15) is 90.9 Å². The van der Waals surface area contributed by atoms with E-state index in [1.807, 2.05) is 0 Å². The van der Waals surface area contributed by atoms with Gasteiger partial charge in [-0.2, -0.15) is 0 Å². The number of hydrogen-bond donors (Lipinski definition) is 1. The first-order valence-electron chi connectivity index (χ1n) is 15.9. The molecule has 38 heavy (non-hydrogen) atoms. The van der Waals surface area contributed by atoms with E-state index >= 15 is 0 Å². The number of fused-ring (bicyclic) bond motifs is 4. The lowest BCUT2D eigenvalue weighted by molar-refractivity contribution is -0.165. The maximum Gasteiger partial charge on any atom is 0.104 e. The summed E-state index contributed by atoms with van der Waals surface area (Å²) in [5, 5.41) is 10.9. The van der Waals surface area contributed by atoms with E-state index in [4.69, 9.17) is 28.4 Å². The maximum absolute atomic E-state index is 10.9. The van der Waals surface area contributed by atoms with Crippen LogP contribution in [0.5, 0.6) is 0 Å². The van der Waals surface area contributed by atoms with Crippen molar-refractivity contribution in [1.82, 2.24) is 0 Å². The number of rotatable bonds is 14. The number of ether oxygens (including phenoxy) is 6. The average molecular weight is 537 g/mol. The van der Waals surface area contributed by atoms with E-state index in [0.717, 1.165) is 77.3 Å². The van der Waals surface area contributed by atoms with Gasteiger partial charge >= 0.3 is 0 Å². The summed E-state index contributed by atoms with van der Waals surface area (Å²) in [6.07, 6.45) is 14.9. The van der Waals surface area contributed by atoms with Gasteiger partial charge in [-0.25, -0.2) is 0 Å². The first-order valence-corrected chi connectivity index (χ1v) is 15.9. The van der Waals surface area contributed by atoms with Crippen LogP contribution < -0.4 is 0 Å². The van der Waals surface area contributed by atoms with Crippen LogP contribution in [0.25, 0.3) is 0 Å². The number of epoxide rings is 2. The van der Waals surface area contributed by atoms with Gasteiger partial charge in [0.1, 0.15) is 18.3 Å². The molecular formula is C31H52O7. The molecule has 7 nitrogen and oxygen atoms in total. The Kier molecular flexibility index (Phi) is 8.73. The fourth-order valence-electron chi connectivity index (χ4n) is 8.78. The third kappa shape index (κ3) is 6.45.